The standard InChI is InChI=1S/C24H31N3O6S/c1-4-34(30,31)27(20-10-11-21-22(16-20)33-15-14-32-21)17-23(28)26(18(2)24(29)25-3)13-12-19-8-6-5-7-9-19/h5-11,16,18H,4,12-15,17H2,1-3H3,(H,25,29). The molecule has 0 fully saturated rings. The summed E-state index contributed by atoms with van der Waals surface area (Å²) in [6.45, 7) is 3.74. The number of benzene rings is 2. The quantitative estimate of drug-likeness (QED) is 0.546. The molecule has 0 saturated heterocycles. The lowest BCUT2D eigenvalue weighted by Crippen LogP contribution is -2.52. The third kappa shape index (κ3) is 5.99. The Kier molecular flexibility index (Phi) is 8.38. The third-order valence-electron chi connectivity index (χ3n) is 5.69. The molecule has 1 aliphatic heterocycles. The molecule has 0 bridgehead atoms. The second kappa shape index (κ2) is 11.2. The topological polar surface area (TPSA) is 105 Å². The third-order valence-corrected chi connectivity index (χ3v) is 7.43. The van der Waals surface area contributed by atoms with Gasteiger partial charge in [-0.15, -0.1) is 0 Å². The second-order valence-electron chi connectivity index (χ2n) is 7.85. The number of carbonyl (C=O) groups is 2. The Hall–Kier alpha value is -3.27. The molecule has 0 spiro atoms. The van der Waals surface area contributed by atoms with Crippen molar-refractivity contribution in [2.24, 2.45) is 0 Å². The summed E-state index contributed by atoms with van der Waals surface area (Å²) in [7, 11) is -2.30. The number of amides is 2. The molecule has 3 rings (SSSR count). The fraction of sp³-hybridized carbons (Fsp3) is 0.417. The minimum absolute atomic E-state index is 0.191. The highest BCUT2D eigenvalue weighted by atomic mass is 32.2. The number of sulfonamides is 1. The van der Waals surface area contributed by atoms with Crippen molar-refractivity contribution >= 4 is 27.5 Å². The molecular formula is C24H31N3O6S. The van der Waals surface area contributed by atoms with Crippen molar-refractivity contribution in [1.82, 2.24) is 10.2 Å². The van der Waals surface area contributed by atoms with Crippen molar-refractivity contribution in [3.63, 3.8) is 0 Å². The molecule has 0 aliphatic carbocycles. The summed E-state index contributed by atoms with van der Waals surface area (Å²) >= 11 is 0. The zero-order valence-corrected chi connectivity index (χ0v) is 20.5. The van der Waals surface area contributed by atoms with E-state index in [2.05, 4.69) is 5.32 Å². The summed E-state index contributed by atoms with van der Waals surface area (Å²) in [5, 5.41) is 2.56. The monoisotopic (exact) mass is 489 g/mol. The summed E-state index contributed by atoms with van der Waals surface area (Å²) in [6, 6.07) is 13.6. The highest BCUT2D eigenvalue weighted by Gasteiger charge is 2.31. The number of nitrogens with one attached hydrogen (secondary N) is 1. The van der Waals surface area contributed by atoms with E-state index in [1.165, 1.54) is 18.9 Å². The van der Waals surface area contributed by atoms with Crippen molar-refractivity contribution in [1.29, 1.82) is 0 Å². The molecule has 0 saturated carbocycles. The number of hydrogen-bond donors (Lipinski definition) is 1. The van der Waals surface area contributed by atoms with Crippen molar-refractivity contribution < 1.29 is 27.5 Å². The van der Waals surface area contributed by atoms with Gasteiger partial charge in [0.05, 0.1) is 11.4 Å². The summed E-state index contributed by atoms with van der Waals surface area (Å²) in [5.74, 6) is -0.0475. The SMILES string of the molecule is CCS(=O)(=O)N(CC(=O)N(CCc1ccccc1)C(C)C(=O)NC)c1ccc2c(c1)OCCO2. The Morgan fingerprint density at radius 2 is 1.74 bits per heavy atom. The fourth-order valence-corrected chi connectivity index (χ4v) is 4.74. The van der Waals surface area contributed by atoms with E-state index in [9.17, 15) is 18.0 Å². The number of hydrogen-bond acceptors (Lipinski definition) is 6. The van der Waals surface area contributed by atoms with Gasteiger partial charge in [0.1, 0.15) is 25.8 Å². The van der Waals surface area contributed by atoms with E-state index < -0.39 is 28.5 Å². The highest BCUT2D eigenvalue weighted by Crippen LogP contribution is 2.35. The Bertz CT molecular complexity index is 1110. The van der Waals surface area contributed by atoms with E-state index in [1.54, 1.807) is 25.1 Å². The molecule has 2 aromatic rings. The van der Waals surface area contributed by atoms with Crippen LogP contribution in [0.1, 0.15) is 19.4 Å². The van der Waals surface area contributed by atoms with Crippen LogP contribution in [-0.2, 0) is 26.0 Å². The molecule has 10 heteroatoms. The number of likely N-dealkylation sites (N-methyl/N-ethyl adjacent to an activating group) is 1. The molecule has 2 amide bonds. The molecule has 1 N–H and O–H groups in total. The first-order chi connectivity index (χ1) is 16.3. The molecule has 1 heterocycles. The lowest BCUT2D eigenvalue weighted by molar-refractivity contribution is -0.138. The minimum atomic E-state index is -3.80. The Balaban J connectivity index is 1.88. The van der Waals surface area contributed by atoms with Gasteiger partial charge >= 0.3 is 0 Å². The molecule has 1 unspecified atom stereocenters. The molecule has 9 nitrogen and oxygen atoms in total. The van der Waals surface area contributed by atoms with Crippen LogP contribution in [0.2, 0.25) is 0 Å². The maximum atomic E-state index is 13.4. The molecule has 0 aromatic heterocycles. The molecule has 184 valence electrons. The maximum absolute atomic E-state index is 13.4. The van der Waals surface area contributed by atoms with Gasteiger partial charge in [0.2, 0.25) is 21.8 Å². The average Bonchev–Trinajstić information content (AvgIpc) is 2.86. The summed E-state index contributed by atoms with van der Waals surface area (Å²) in [4.78, 5) is 27.2. The molecule has 2 aromatic carbocycles. The number of rotatable bonds is 10. The molecule has 0 radical (unpaired) electrons. The van der Waals surface area contributed by atoms with Gasteiger partial charge in [-0.25, -0.2) is 8.42 Å². The van der Waals surface area contributed by atoms with Crippen LogP contribution in [0.3, 0.4) is 0 Å². The van der Waals surface area contributed by atoms with Crippen LogP contribution < -0.4 is 19.1 Å². The van der Waals surface area contributed by atoms with E-state index in [0.29, 0.717) is 36.8 Å². The van der Waals surface area contributed by atoms with E-state index in [0.717, 1.165) is 9.87 Å². The fourth-order valence-electron chi connectivity index (χ4n) is 3.69. The van der Waals surface area contributed by atoms with Crippen LogP contribution in [0.15, 0.2) is 48.5 Å². The van der Waals surface area contributed by atoms with Crippen LogP contribution in [0.5, 0.6) is 11.5 Å². The Labute approximate surface area is 200 Å². The van der Waals surface area contributed by atoms with E-state index in [1.807, 2.05) is 30.3 Å². The van der Waals surface area contributed by atoms with Gasteiger partial charge < -0.3 is 19.7 Å². The zero-order chi connectivity index (χ0) is 24.7. The van der Waals surface area contributed by atoms with Gasteiger partial charge in [-0.3, -0.25) is 13.9 Å². The van der Waals surface area contributed by atoms with Crippen molar-refractivity contribution in [3.05, 3.63) is 54.1 Å². The van der Waals surface area contributed by atoms with Gasteiger partial charge in [-0.1, -0.05) is 30.3 Å². The normalized spacial score (nSPS) is 13.6. The van der Waals surface area contributed by atoms with Gasteiger partial charge in [0, 0.05) is 19.7 Å². The van der Waals surface area contributed by atoms with Gasteiger partial charge in [-0.2, -0.15) is 0 Å². The van der Waals surface area contributed by atoms with Gasteiger partial charge in [0.15, 0.2) is 11.5 Å². The predicted octanol–water partition coefficient (Wildman–Crippen LogP) is 1.82. The van der Waals surface area contributed by atoms with Crippen molar-refractivity contribution in [2.45, 2.75) is 26.3 Å². The van der Waals surface area contributed by atoms with Crippen LogP contribution >= 0.6 is 0 Å². The van der Waals surface area contributed by atoms with E-state index in [-0.39, 0.29) is 18.2 Å². The Morgan fingerprint density at radius 1 is 1.06 bits per heavy atom. The first-order valence-electron chi connectivity index (χ1n) is 11.2. The predicted molar refractivity (Wildman–Crippen MR) is 130 cm³/mol. The maximum Gasteiger partial charge on any atom is 0.244 e. The highest BCUT2D eigenvalue weighted by molar-refractivity contribution is 7.92. The average molecular weight is 490 g/mol. The van der Waals surface area contributed by atoms with E-state index in [4.69, 9.17) is 9.47 Å². The Morgan fingerprint density at radius 3 is 2.38 bits per heavy atom. The number of ether oxygens (including phenoxy) is 2. The molecule has 34 heavy (non-hydrogen) atoms. The largest absolute Gasteiger partial charge is 0.486 e. The smallest absolute Gasteiger partial charge is 0.244 e. The summed E-state index contributed by atoms with van der Waals surface area (Å²) < 4.78 is 38.1. The van der Waals surface area contributed by atoms with Crippen molar-refractivity contribution in [2.75, 3.05) is 43.4 Å². The first kappa shape index (κ1) is 25.4. The first-order valence-corrected chi connectivity index (χ1v) is 12.8. The summed E-state index contributed by atoms with van der Waals surface area (Å²) in [5.41, 5.74) is 1.31. The second-order valence-corrected chi connectivity index (χ2v) is 10.0. The zero-order valence-electron chi connectivity index (χ0n) is 19.7. The van der Waals surface area contributed by atoms with Gasteiger partial charge in [0.25, 0.3) is 0 Å². The number of nitrogens with zero attached hydrogens (tertiary/aromatic N) is 2. The summed E-state index contributed by atoms with van der Waals surface area (Å²) in [6.07, 6.45) is 0.526. The number of carbonyl (C=O) groups excluding carboxylic acids is 2. The molecular weight excluding hydrogens is 458 g/mol. The van der Waals surface area contributed by atoms with Crippen molar-refractivity contribution in [3.8, 4) is 11.5 Å². The van der Waals surface area contributed by atoms with Crippen LogP contribution in [0.4, 0.5) is 5.69 Å². The minimum Gasteiger partial charge on any atom is -0.486 e. The van der Waals surface area contributed by atoms with E-state index >= 15 is 0 Å². The van der Waals surface area contributed by atoms with Gasteiger partial charge in [-0.05, 0) is 38.0 Å². The van der Waals surface area contributed by atoms with Crippen LogP contribution in [-0.4, -0.2) is 70.3 Å². The van der Waals surface area contributed by atoms with Crippen LogP contribution in [0.25, 0.3) is 0 Å². The lowest BCUT2D eigenvalue weighted by atomic mass is 10.1. The lowest BCUT2D eigenvalue weighted by Gasteiger charge is -2.32. The molecule has 1 aliphatic rings. The number of fused-ring (bicyclic) bond motifs is 1. The van der Waals surface area contributed by atoms with Crippen LogP contribution in [0, 0.1) is 0 Å². The molecule has 1 atom stereocenters. The number of anilines is 1.